The lowest BCUT2D eigenvalue weighted by Crippen LogP contribution is -2.14. The van der Waals surface area contributed by atoms with Gasteiger partial charge in [-0.1, -0.05) is 43.4 Å². The zero-order valence-electron chi connectivity index (χ0n) is 9.94. The summed E-state index contributed by atoms with van der Waals surface area (Å²) in [5, 5.41) is 10.8. The molecule has 17 heavy (non-hydrogen) atoms. The molecule has 0 spiro atoms. The Labute approximate surface area is 113 Å². The molecule has 0 bridgehead atoms. The Morgan fingerprint density at radius 1 is 1.35 bits per heavy atom. The van der Waals surface area contributed by atoms with Crippen LogP contribution in [0.2, 0.25) is 5.02 Å². The van der Waals surface area contributed by atoms with Gasteiger partial charge in [-0.3, -0.25) is 0 Å². The summed E-state index contributed by atoms with van der Waals surface area (Å²) in [4.78, 5) is 1.14. The van der Waals surface area contributed by atoms with E-state index in [2.05, 4.69) is 0 Å². The number of hydrogen-bond donors (Lipinski definition) is 1. The van der Waals surface area contributed by atoms with Gasteiger partial charge in [0, 0.05) is 15.7 Å². The third-order valence-electron chi connectivity index (χ3n) is 3.32. The van der Waals surface area contributed by atoms with Gasteiger partial charge < -0.3 is 5.11 Å². The van der Waals surface area contributed by atoms with Crippen molar-refractivity contribution in [1.82, 2.24) is 0 Å². The molecule has 0 heterocycles. The van der Waals surface area contributed by atoms with Crippen LogP contribution in [-0.4, -0.2) is 17.0 Å². The number of benzene rings is 1. The second kappa shape index (κ2) is 6.67. The first-order valence-electron chi connectivity index (χ1n) is 6.30. The van der Waals surface area contributed by atoms with Crippen LogP contribution in [0.25, 0.3) is 0 Å². The van der Waals surface area contributed by atoms with Gasteiger partial charge in [0.2, 0.25) is 0 Å². The highest BCUT2D eigenvalue weighted by molar-refractivity contribution is 7.99. The molecule has 0 amide bonds. The van der Waals surface area contributed by atoms with Crippen LogP contribution in [0.3, 0.4) is 0 Å². The van der Waals surface area contributed by atoms with E-state index >= 15 is 0 Å². The number of halogens is 1. The topological polar surface area (TPSA) is 20.2 Å². The molecule has 94 valence electrons. The van der Waals surface area contributed by atoms with Gasteiger partial charge in [0.25, 0.3) is 0 Å². The summed E-state index contributed by atoms with van der Waals surface area (Å²) in [6.07, 6.45) is 6.09. The van der Waals surface area contributed by atoms with Crippen molar-refractivity contribution in [2.45, 2.75) is 43.1 Å². The highest BCUT2D eigenvalue weighted by Crippen LogP contribution is 2.30. The van der Waals surface area contributed by atoms with Crippen LogP contribution in [0.1, 0.15) is 32.1 Å². The van der Waals surface area contributed by atoms with Crippen LogP contribution >= 0.6 is 23.4 Å². The molecule has 0 aromatic heterocycles. The van der Waals surface area contributed by atoms with Crippen LogP contribution < -0.4 is 0 Å². The van der Waals surface area contributed by atoms with E-state index in [0.717, 1.165) is 28.0 Å². The van der Waals surface area contributed by atoms with Crippen LogP contribution in [0, 0.1) is 5.92 Å². The van der Waals surface area contributed by atoms with Crippen LogP contribution in [-0.2, 0) is 0 Å². The Bertz CT molecular complexity index is 350. The van der Waals surface area contributed by atoms with Crippen LogP contribution in [0.4, 0.5) is 0 Å². The van der Waals surface area contributed by atoms with E-state index in [1.807, 2.05) is 24.3 Å². The molecule has 1 atom stereocenters. The Balaban J connectivity index is 1.73. The summed E-state index contributed by atoms with van der Waals surface area (Å²) < 4.78 is 0. The summed E-state index contributed by atoms with van der Waals surface area (Å²) in [6.45, 7) is 0. The molecule has 1 aromatic carbocycles. The zero-order valence-corrected chi connectivity index (χ0v) is 11.5. The van der Waals surface area contributed by atoms with Crippen molar-refractivity contribution in [2.24, 2.45) is 5.92 Å². The molecule has 1 fully saturated rings. The summed E-state index contributed by atoms with van der Waals surface area (Å²) in [6, 6.07) is 7.82. The van der Waals surface area contributed by atoms with Gasteiger partial charge >= 0.3 is 0 Å². The number of thioether (sulfide) groups is 1. The predicted octanol–water partition coefficient (Wildman–Crippen LogP) is 4.37. The van der Waals surface area contributed by atoms with E-state index in [4.69, 9.17) is 11.6 Å². The molecular weight excluding hydrogens is 252 g/mol. The minimum Gasteiger partial charge on any atom is -0.392 e. The Kier molecular flexibility index (Phi) is 5.20. The molecule has 1 unspecified atom stereocenters. The Hall–Kier alpha value is -0.180. The van der Waals surface area contributed by atoms with Gasteiger partial charge in [-0.15, -0.1) is 11.8 Å². The van der Waals surface area contributed by atoms with Crippen molar-refractivity contribution in [3.63, 3.8) is 0 Å². The van der Waals surface area contributed by atoms with Gasteiger partial charge in [-0.25, -0.2) is 0 Å². The highest BCUT2D eigenvalue weighted by atomic mass is 35.5. The van der Waals surface area contributed by atoms with E-state index in [0.29, 0.717) is 0 Å². The average Bonchev–Trinajstić information content (AvgIpc) is 2.79. The first-order valence-corrected chi connectivity index (χ1v) is 7.67. The summed E-state index contributed by atoms with van der Waals surface area (Å²) in [5.74, 6) is 1.53. The van der Waals surface area contributed by atoms with E-state index in [1.165, 1.54) is 25.7 Å². The number of rotatable bonds is 5. The number of hydrogen-bond acceptors (Lipinski definition) is 2. The summed E-state index contributed by atoms with van der Waals surface area (Å²) >= 11 is 7.61. The first-order chi connectivity index (χ1) is 8.24. The molecule has 1 aliphatic carbocycles. The summed E-state index contributed by atoms with van der Waals surface area (Å²) in [7, 11) is 0. The third-order valence-corrected chi connectivity index (χ3v) is 4.69. The van der Waals surface area contributed by atoms with Crippen molar-refractivity contribution < 1.29 is 5.11 Å². The van der Waals surface area contributed by atoms with Gasteiger partial charge in [0.1, 0.15) is 0 Å². The van der Waals surface area contributed by atoms with Crippen molar-refractivity contribution >= 4 is 23.4 Å². The second-order valence-corrected chi connectivity index (χ2v) is 6.34. The van der Waals surface area contributed by atoms with Crippen molar-refractivity contribution in [2.75, 3.05) is 5.75 Å². The lowest BCUT2D eigenvalue weighted by Gasteiger charge is -2.14. The number of aliphatic hydroxyl groups is 1. The molecule has 0 saturated heterocycles. The second-order valence-electron chi connectivity index (χ2n) is 4.81. The molecule has 3 heteroatoms. The lowest BCUT2D eigenvalue weighted by atomic mass is 10.0. The molecular formula is C14H19ClOS. The predicted molar refractivity (Wildman–Crippen MR) is 74.8 cm³/mol. The molecule has 2 rings (SSSR count). The third kappa shape index (κ3) is 4.53. The largest absolute Gasteiger partial charge is 0.392 e. The smallest absolute Gasteiger partial charge is 0.0636 e. The van der Waals surface area contributed by atoms with Crippen LogP contribution in [0.15, 0.2) is 29.2 Å². The number of aliphatic hydroxyl groups excluding tert-OH is 1. The minimum atomic E-state index is -0.179. The zero-order chi connectivity index (χ0) is 12.1. The van der Waals surface area contributed by atoms with E-state index in [-0.39, 0.29) is 6.10 Å². The van der Waals surface area contributed by atoms with E-state index < -0.39 is 0 Å². The lowest BCUT2D eigenvalue weighted by molar-refractivity contribution is 0.166. The van der Waals surface area contributed by atoms with Gasteiger partial charge in [-0.2, -0.15) is 0 Å². The standard InChI is InChI=1S/C14H19ClOS/c15-12-6-3-7-14(9-12)17-10-13(16)8-11-4-1-2-5-11/h3,6-7,9,11,13,16H,1-2,4-5,8,10H2. The van der Waals surface area contributed by atoms with Gasteiger partial charge in [0.15, 0.2) is 0 Å². The Morgan fingerprint density at radius 2 is 2.12 bits per heavy atom. The SMILES string of the molecule is OC(CSc1cccc(Cl)c1)CC1CCCC1. The fraction of sp³-hybridized carbons (Fsp3) is 0.571. The van der Waals surface area contributed by atoms with E-state index in [1.54, 1.807) is 11.8 Å². The maximum Gasteiger partial charge on any atom is 0.0636 e. The van der Waals surface area contributed by atoms with Crippen LogP contribution in [0.5, 0.6) is 0 Å². The molecule has 0 aliphatic heterocycles. The molecule has 1 aromatic rings. The van der Waals surface area contributed by atoms with Crippen molar-refractivity contribution in [1.29, 1.82) is 0 Å². The Morgan fingerprint density at radius 3 is 2.82 bits per heavy atom. The fourth-order valence-corrected chi connectivity index (χ4v) is 3.61. The maximum atomic E-state index is 9.99. The fourth-order valence-electron chi connectivity index (χ4n) is 2.45. The molecule has 1 N–H and O–H groups in total. The van der Waals surface area contributed by atoms with E-state index in [9.17, 15) is 5.11 Å². The maximum absolute atomic E-state index is 9.99. The highest BCUT2D eigenvalue weighted by Gasteiger charge is 2.18. The molecule has 1 nitrogen and oxygen atoms in total. The normalized spacial score (nSPS) is 18.5. The quantitative estimate of drug-likeness (QED) is 0.802. The molecule has 1 aliphatic rings. The molecule has 1 saturated carbocycles. The first kappa shape index (κ1) is 13.3. The average molecular weight is 271 g/mol. The molecule has 0 radical (unpaired) electrons. The monoisotopic (exact) mass is 270 g/mol. The van der Waals surface area contributed by atoms with Crippen molar-refractivity contribution in [3.8, 4) is 0 Å². The summed E-state index contributed by atoms with van der Waals surface area (Å²) in [5.41, 5.74) is 0. The van der Waals surface area contributed by atoms with Crippen molar-refractivity contribution in [3.05, 3.63) is 29.3 Å². The minimum absolute atomic E-state index is 0.179. The van der Waals surface area contributed by atoms with Gasteiger partial charge in [-0.05, 0) is 30.5 Å². The van der Waals surface area contributed by atoms with Gasteiger partial charge in [0.05, 0.1) is 6.10 Å².